The summed E-state index contributed by atoms with van der Waals surface area (Å²) in [5, 5.41) is 19.7. The van der Waals surface area contributed by atoms with Crippen molar-refractivity contribution in [1.29, 1.82) is 0 Å². The zero-order valence-corrected chi connectivity index (χ0v) is 25.3. The summed E-state index contributed by atoms with van der Waals surface area (Å²) in [5.41, 5.74) is -1.23. The van der Waals surface area contributed by atoms with Gasteiger partial charge in [-0.2, -0.15) is 0 Å². The first kappa shape index (κ1) is 37.0. The largest absolute Gasteiger partial charge is 0.481 e. The lowest BCUT2D eigenvalue weighted by atomic mass is 10.1. The molecule has 0 saturated carbocycles. The highest BCUT2D eigenvalue weighted by Crippen LogP contribution is 2.09. The summed E-state index contributed by atoms with van der Waals surface area (Å²) in [6.45, 7) is 12.0. The average molecular weight is 573 g/mol. The topological polar surface area (TPSA) is 172 Å². The summed E-state index contributed by atoms with van der Waals surface area (Å²) >= 11 is 0. The molecule has 0 unspecified atom stereocenters. The van der Waals surface area contributed by atoms with Crippen LogP contribution >= 0.6 is 0 Å². The Hall–Kier alpha value is -3.05. The molecule has 0 bridgehead atoms. The predicted molar refractivity (Wildman–Crippen MR) is 152 cm³/mol. The number of ether oxygens (including phenoxy) is 2. The van der Waals surface area contributed by atoms with E-state index in [2.05, 4.69) is 21.3 Å². The molecule has 4 amide bonds. The highest BCUT2D eigenvalue weighted by atomic mass is 16.6. The Morgan fingerprint density at radius 1 is 0.625 bits per heavy atom. The Balaban J connectivity index is 4.27. The molecule has 12 nitrogen and oxygen atoms in total. The molecular formula is C28H52N4O8. The van der Waals surface area contributed by atoms with Crippen LogP contribution < -0.4 is 21.3 Å². The second-order valence-corrected chi connectivity index (χ2v) is 11.8. The lowest BCUT2D eigenvalue weighted by Crippen LogP contribution is -2.48. The second kappa shape index (κ2) is 19.9. The number of hydrogen-bond acceptors (Lipinski definition) is 7. The zero-order valence-electron chi connectivity index (χ0n) is 25.3. The second-order valence-electron chi connectivity index (χ2n) is 11.8. The van der Waals surface area contributed by atoms with Gasteiger partial charge in [0.2, 0.25) is 11.8 Å². The number of alkyl carbamates (subject to hydrolysis) is 2. The first-order chi connectivity index (χ1) is 18.6. The van der Waals surface area contributed by atoms with Crippen LogP contribution in [-0.4, -0.2) is 72.0 Å². The van der Waals surface area contributed by atoms with Crippen molar-refractivity contribution in [2.75, 3.05) is 19.6 Å². The summed E-state index contributed by atoms with van der Waals surface area (Å²) in [7, 11) is 0. The van der Waals surface area contributed by atoms with Gasteiger partial charge in [0.25, 0.3) is 0 Å². The van der Waals surface area contributed by atoms with Crippen LogP contribution in [0.5, 0.6) is 0 Å². The lowest BCUT2D eigenvalue weighted by molar-refractivity contribution is -0.137. The monoisotopic (exact) mass is 572 g/mol. The maximum atomic E-state index is 12.7. The minimum atomic E-state index is -0.841. The number of rotatable bonds is 19. The van der Waals surface area contributed by atoms with Crippen LogP contribution in [0.2, 0.25) is 0 Å². The van der Waals surface area contributed by atoms with Crippen LogP contribution in [-0.2, 0) is 23.9 Å². The van der Waals surface area contributed by atoms with E-state index in [0.29, 0.717) is 71.0 Å². The Morgan fingerprint density at radius 2 is 1.12 bits per heavy atom. The van der Waals surface area contributed by atoms with Gasteiger partial charge in [0.1, 0.15) is 17.2 Å². The third kappa shape index (κ3) is 24.0. The maximum absolute atomic E-state index is 12.7. The molecule has 12 heteroatoms. The van der Waals surface area contributed by atoms with Gasteiger partial charge in [0.15, 0.2) is 0 Å². The number of nitrogens with one attached hydrogen (secondary N) is 4. The summed E-state index contributed by atoms with van der Waals surface area (Å²) < 4.78 is 10.4. The number of carbonyl (C=O) groups excluding carboxylic acids is 4. The van der Waals surface area contributed by atoms with Gasteiger partial charge < -0.3 is 35.8 Å². The third-order valence-corrected chi connectivity index (χ3v) is 5.36. The normalized spacial score (nSPS) is 12.2. The van der Waals surface area contributed by atoms with Gasteiger partial charge >= 0.3 is 18.2 Å². The average Bonchev–Trinajstić information content (AvgIpc) is 2.79. The fourth-order valence-electron chi connectivity index (χ4n) is 3.51. The van der Waals surface area contributed by atoms with E-state index in [4.69, 9.17) is 14.6 Å². The number of carboxylic acid groups (broad SMARTS) is 1. The number of aliphatic carboxylic acids is 1. The van der Waals surface area contributed by atoms with Crippen LogP contribution in [0.25, 0.3) is 0 Å². The number of carboxylic acids is 1. The van der Waals surface area contributed by atoms with Crippen molar-refractivity contribution in [3.8, 4) is 0 Å². The van der Waals surface area contributed by atoms with Gasteiger partial charge in [0, 0.05) is 32.5 Å². The molecule has 0 fully saturated rings. The lowest BCUT2D eigenvalue weighted by Gasteiger charge is -2.23. The predicted octanol–water partition coefficient (Wildman–Crippen LogP) is 4.01. The molecule has 40 heavy (non-hydrogen) atoms. The molecule has 232 valence electrons. The Bertz CT molecular complexity index is 790. The number of hydrogen-bond donors (Lipinski definition) is 5. The van der Waals surface area contributed by atoms with Crippen molar-refractivity contribution in [2.24, 2.45) is 0 Å². The molecule has 0 aliphatic carbocycles. The highest BCUT2D eigenvalue weighted by molar-refractivity contribution is 5.85. The Morgan fingerprint density at radius 3 is 1.70 bits per heavy atom. The molecule has 0 heterocycles. The number of carbonyl (C=O) groups is 5. The van der Waals surface area contributed by atoms with E-state index in [1.165, 1.54) is 0 Å². The molecule has 0 spiro atoms. The van der Waals surface area contributed by atoms with Crippen LogP contribution in [0.1, 0.15) is 112 Å². The quantitative estimate of drug-likeness (QED) is 0.144. The van der Waals surface area contributed by atoms with Crippen molar-refractivity contribution in [2.45, 2.75) is 129 Å². The van der Waals surface area contributed by atoms with Gasteiger partial charge in [-0.15, -0.1) is 0 Å². The van der Waals surface area contributed by atoms with E-state index in [1.807, 2.05) is 0 Å². The van der Waals surface area contributed by atoms with Crippen molar-refractivity contribution < 1.29 is 38.6 Å². The van der Waals surface area contributed by atoms with E-state index in [0.717, 1.165) is 12.8 Å². The molecule has 0 rings (SSSR count). The fourth-order valence-corrected chi connectivity index (χ4v) is 3.51. The SMILES string of the molecule is CC(C)(C)OC(=O)NCCCCCC(=O)NCCCC[C@H](NC(=O)OC(C)(C)C)C(=O)NCCCCCC(=O)O. The fraction of sp³-hybridized carbons (Fsp3) is 0.821. The van der Waals surface area contributed by atoms with E-state index >= 15 is 0 Å². The zero-order chi connectivity index (χ0) is 30.6. The Kier molecular flexibility index (Phi) is 18.4. The maximum Gasteiger partial charge on any atom is 0.408 e. The molecule has 0 saturated heterocycles. The van der Waals surface area contributed by atoms with Crippen LogP contribution in [0.15, 0.2) is 0 Å². The van der Waals surface area contributed by atoms with Crippen LogP contribution in [0.4, 0.5) is 9.59 Å². The summed E-state index contributed by atoms with van der Waals surface area (Å²) in [6.07, 6.45) is 5.12. The van der Waals surface area contributed by atoms with Crippen molar-refractivity contribution in [1.82, 2.24) is 21.3 Å². The molecule has 0 aromatic rings. The first-order valence-corrected chi connectivity index (χ1v) is 14.3. The number of amides is 4. The third-order valence-electron chi connectivity index (χ3n) is 5.36. The van der Waals surface area contributed by atoms with Crippen LogP contribution in [0.3, 0.4) is 0 Å². The molecule has 5 N–H and O–H groups in total. The van der Waals surface area contributed by atoms with Gasteiger partial charge in [-0.05, 0) is 86.5 Å². The van der Waals surface area contributed by atoms with E-state index in [9.17, 15) is 24.0 Å². The summed E-state index contributed by atoms with van der Waals surface area (Å²) in [6, 6.07) is -0.779. The standard InChI is InChI=1S/C28H52N4O8/c1-27(2,3)39-25(37)31-20-13-7-9-16-22(33)29-18-14-11-15-21(32-26(38)40-28(4,5)6)24(36)30-19-12-8-10-17-23(34)35/h21H,7-20H2,1-6H3,(H,29,33)(H,30,36)(H,31,37)(H,32,38)(H,34,35)/t21-/m0/s1. The number of unbranched alkanes of at least 4 members (excludes halogenated alkanes) is 5. The summed E-state index contributed by atoms with van der Waals surface area (Å²) in [4.78, 5) is 59.2. The van der Waals surface area contributed by atoms with Crippen molar-refractivity contribution in [3.05, 3.63) is 0 Å². The van der Waals surface area contributed by atoms with Crippen LogP contribution in [0, 0.1) is 0 Å². The first-order valence-electron chi connectivity index (χ1n) is 14.3. The van der Waals surface area contributed by atoms with E-state index < -0.39 is 35.4 Å². The molecular weight excluding hydrogens is 520 g/mol. The Labute approximate surface area is 239 Å². The smallest absolute Gasteiger partial charge is 0.408 e. The van der Waals surface area contributed by atoms with Crippen molar-refractivity contribution >= 4 is 30.0 Å². The minimum Gasteiger partial charge on any atom is -0.481 e. The molecule has 0 aliphatic rings. The minimum absolute atomic E-state index is 0.0517. The van der Waals surface area contributed by atoms with Gasteiger partial charge in [-0.1, -0.05) is 12.8 Å². The highest BCUT2D eigenvalue weighted by Gasteiger charge is 2.24. The van der Waals surface area contributed by atoms with E-state index in [-0.39, 0.29) is 18.2 Å². The summed E-state index contributed by atoms with van der Waals surface area (Å²) in [5.74, 6) is -1.22. The van der Waals surface area contributed by atoms with Crippen molar-refractivity contribution in [3.63, 3.8) is 0 Å². The van der Waals surface area contributed by atoms with Gasteiger partial charge in [0.05, 0.1) is 0 Å². The molecule has 0 aromatic heterocycles. The van der Waals surface area contributed by atoms with E-state index in [1.54, 1.807) is 41.5 Å². The van der Waals surface area contributed by atoms with Gasteiger partial charge in [-0.25, -0.2) is 9.59 Å². The molecule has 0 aromatic carbocycles. The molecule has 1 atom stereocenters. The molecule has 0 aliphatic heterocycles. The van der Waals surface area contributed by atoms with Gasteiger partial charge in [-0.3, -0.25) is 14.4 Å². The molecule has 0 radical (unpaired) electrons.